The minimum atomic E-state index is -4.19. The van der Waals surface area contributed by atoms with Crippen LogP contribution in [0.5, 0.6) is 0 Å². The molecule has 25 heavy (non-hydrogen) atoms. The van der Waals surface area contributed by atoms with Gasteiger partial charge in [0.1, 0.15) is 0 Å². The molecule has 2 heterocycles. The van der Waals surface area contributed by atoms with Gasteiger partial charge >= 0.3 is 12.2 Å². The van der Waals surface area contributed by atoms with Gasteiger partial charge in [0.15, 0.2) is 0 Å². The molecular weight excluding hydrogens is 335 g/mol. The second-order valence-corrected chi connectivity index (χ2v) is 6.47. The van der Waals surface area contributed by atoms with E-state index in [-0.39, 0.29) is 11.9 Å². The van der Waals surface area contributed by atoms with Gasteiger partial charge < -0.3 is 10.2 Å². The van der Waals surface area contributed by atoms with Crippen LogP contribution in [-0.2, 0) is 6.54 Å². The monoisotopic (exact) mass is 361 g/mol. The number of nitrogens with one attached hydrogen (secondary N) is 1. The number of hydrogen-bond acceptors (Lipinski definition) is 3. The van der Waals surface area contributed by atoms with Crippen molar-refractivity contribution in [1.82, 2.24) is 19.6 Å². The number of amides is 2. The van der Waals surface area contributed by atoms with E-state index in [0.29, 0.717) is 31.9 Å². The van der Waals surface area contributed by atoms with Gasteiger partial charge in [-0.25, -0.2) is 4.79 Å². The fraction of sp³-hybridized carbons (Fsp3) is 0.750. The highest BCUT2D eigenvalue weighted by molar-refractivity contribution is 5.89. The zero-order valence-corrected chi connectivity index (χ0v) is 14.7. The molecule has 142 valence electrons. The number of carbonyl (C=O) groups is 1. The predicted molar refractivity (Wildman–Crippen MR) is 89.4 cm³/mol. The van der Waals surface area contributed by atoms with E-state index < -0.39 is 12.7 Å². The predicted octanol–water partition coefficient (Wildman–Crippen LogP) is 3.03. The maximum absolute atomic E-state index is 12.5. The largest absolute Gasteiger partial charge is 0.401 e. The van der Waals surface area contributed by atoms with E-state index in [0.717, 1.165) is 19.4 Å². The van der Waals surface area contributed by atoms with Crippen LogP contribution in [0, 0.1) is 5.92 Å². The fourth-order valence-corrected chi connectivity index (χ4v) is 3.07. The van der Waals surface area contributed by atoms with Crippen molar-refractivity contribution in [2.45, 2.75) is 39.4 Å². The summed E-state index contributed by atoms with van der Waals surface area (Å²) in [6.45, 7) is 5.39. The van der Waals surface area contributed by atoms with Crippen molar-refractivity contribution in [3.8, 4) is 0 Å². The molecule has 9 heteroatoms. The van der Waals surface area contributed by atoms with Gasteiger partial charge in [-0.2, -0.15) is 18.3 Å². The van der Waals surface area contributed by atoms with Crippen molar-refractivity contribution >= 4 is 11.7 Å². The van der Waals surface area contributed by atoms with Crippen LogP contribution in [0.25, 0.3) is 0 Å². The number of nitrogens with zero attached hydrogens (tertiary/aromatic N) is 4. The Morgan fingerprint density at radius 2 is 2.20 bits per heavy atom. The molecule has 1 N–H and O–H groups in total. The van der Waals surface area contributed by atoms with Gasteiger partial charge in [-0.1, -0.05) is 13.8 Å². The van der Waals surface area contributed by atoms with E-state index in [4.69, 9.17) is 0 Å². The zero-order chi connectivity index (χ0) is 18.4. The summed E-state index contributed by atoms with van der Waals surface area (Å²) in [6.07, 6.45) is 0.857. The van der Waals surface area contributed by atoms with Crippen molar-refractivity contribution in [2.24, 2.45) is 5.92 Å². The Labute approximate surface area is 146 Å². The molecule has 1 saturated heterocycles. The van der Waals surface area contributed by atoms with Gasteiger partial charge in [-0.05, 0) is 25.3 Å². The molecule has 1 aromatic heterocycles. The molecule has 1 atom stereocenters. The summed E-state index contributed by atoms with van der Waals surface area (Å²) < 4.78 is 39.4. The van der Waals surface area contributed by atoms with Gasteiger partial charge in [-0.3, -0.25) is 9.58 Å². The van der Waals surface area contributed by atoms with Crippen LogP contribution in [0.3, 0.4) is 0 Å². The van der Waals surface area contributed by atoms with Crippen LogP contribution in [0.15, 0.2) is 12.4 Å². The molecule has 1 aromatic rings. The Kier molecular flexibility index (Phi) is 6.69. The first kappa shape index (κ1) is 19.6. The van der Waals surface area contributed by atoms with E-state index >= 15 is 0 Å². The number of hydrogen-bond donors (Lipinski definition) is 1. The summed E-state index contributed by atoms with van der Waals surface area (Å²) in [5.41, 5.74) is 0.633. The van der Waals surface area contributed by atoms with E-state index in [1.54, 1.807) is 28.9 Å². The summed E-state index contributed by atoms with van der Waals surface area (Å²) in [7, 11) is 0. The molecule has 1 fully saturated rings. The van der Waals surface area contributed by atoms with Gasteiger partial charge in [-0.15, -0.1) is 0 Å². The average Bonchev–Trinajstić information content (AvgIpc) is 3.15. The molecule has 1 aliphatic heterocycles. The molecule has 2 rings (SSSR count). The van der Waals surface area contributed by atoms with Crippen molar-refractivity contribution < 1.29 is 18.0 Å². The number of aryl methyl sites for hydroxylation is 1. The number of aromatic nitrogens is 2. The lowest BCUT2D eigenvalue weighted by molar-refractivity contribution is -0.146. The van der Waals surface area contributed by atoms with Crippen molar-refractivity contribution in [2.75, 3.05) is 38.0 Å². The lowest BCUT2D eigenvalue weighted by Crippen LogP contribution is -2.39. The third-order valence-electron chi connectivity index (χ3n) is 4.28. The normalized spacial score (nSPS) is 18.2. The number of carbonyl (C=O) groups excluding carboxylic acids is 1. The summed E-state index contributed by atoms with van der Waals surface area (Å²) in [6, 6.07) is -0.225. The average molecular weight is 361 g/mol. The minimum Gasteiger partial charge on any atom is -0.324 e. The molecule has 0 bridgehead atoms. The van der Waals surface area contributed by atoms with E-state index in [1.807, 2.05) is 6.92 Å². The van der Waals surface area contributed by atoms with Crippen molar-refractivity contribution in [1.29, 1.82) is 0 Å². The molecule has 0 radical (unpaired) electrons. The Hall–Kier alpha value is -1.77. The number of anilines is 1. The fourth-order valence-electron chi connectivity index (χ4n) is 3.07. The van der Waals surface area contributed by atoms with Crippen LogP contribution in [0.1, 0.15) is 26.7 Å². The molecule has 1 aliphatic rings. The first-order valence-electron chi connectivity index (χ1n) is 8.68. The van der Waals surface area contributed by atoms with Crippen LogP contribution in [0.2, 0.25) is 0 Å². The van der Waals surface area contributed by atoms with E-state index in [2.05, 4.69) is 10.4 Å². The van der Waals surface area contributed by atoms with Gasteiger partial charge in [0.05, 0.1) is 18.4 Å². The maximum atomic E-state index is 12.5. The third kappa shape index (κ3) is 6.22. The third-order valence-corrected chi connectivity index (χ3v) is 4.28. The SMILES string of the molecule is CCCn1cc(NC(=O)N2CCC(CN(CC)CC(F)(F)F)C2)cn1. The summed E-state index contributed by atoms with van der Waals surface area (Å²) in [5, 5.41) is 6.95. The highest BCUT2D eigenvalue weighted by Crippen LogP contribution is 2.22. The number of alkyl halides is 3. The molecule has 1 unspecified atom stereocenters. The highest BCUT2D eigenvalue weighted by atomic mass is 19.4. The molecular formula is C16H26F3N5O. The second kappa shape index (κ2) is 8.55. The van der Waals surface area contributed by atoms with Crippen molar-refractivity contribution in [3.63, 3.8) is 0 Å². The van der Waals surface area contributed by atoms with Gasteiger partial charge in [0.25, 0.3) is 0 Å². The standard InChI is InChI=1S/C16H26F3N5O/c1-3-6-24-11-14(8-20-24)21-15(25)23-7-5-13(10-23)9-22(4-2)12-16(17,18)19/h8,11,13H,3-7,9-10,12H2,1-2H3,(H,21,25). The van der Waals surface area contributed by atoms with Crippen LogP contribution < -0.4 is 5.32 Å². The molecule has 6 nitrogen and oxygen atoms in total. The summed E-state index contributed by atoms with van der Waals surface area (Å²) >= 11 is 0. The first-order chi connectivity index (χ1) is 11.8. The maximum Gasteiger partial charge on any atom is 0.401 e. The van der Waals surface area contributed by atoms with Gasteiger partial charge in [0.2, 0.25) is 0 Å². The molecule has 0 aromatic carbocycles. The molecule has 2 amide bonds. The minimum absolute atomic E-state index is 0.0656. The highest BCUT2D eigenvalue weighted by Gasteiger charge is 2.33. The Morgan fingerprint density at radius 3 is 2.84 bits per heavy atom. The number of rotatable bonds is 7. The topological polar surface area (TPSA) is 53.4 Å². The molecule has 0 saturated carbocycles. The van der Waals surface area contributed by atoms with Crippen LogP contribution in [0.4, 0.5) is 23.7 Å². The van der Waals surface area contributed by atoms with E-state index in [1.165, 1.54) is 4.90 Å². The molecule has 0 spiro atoms. The first-order valence-corrected chi connectivity index (χ1v) is 8.68. The van der Waals surface area contributed by atoms with Crippen LogP contribution >= 0.6 is 0 Å². The zero-order valence-electron chi connectivity index (χ0n) is 14.7. The smallest absolute Gasteiger partial charge is 0.324 e. The lowest BCUT2D eigenvalue weighted by Gasteiger charge is -2.25. The second-order valence-electron chi connectivity index (χ2n) is 6.47. The number of likely N-dealkylation sites (tertiary alicyclic amines) is 1. The molecule has 0 aliphatic carbocycles. The Balaban J connectivity index is 1.81. The Morgan fingerprint density at radius 1 is 1.44 bits per heavy atom. The summed E-state index contributed by atoms with van der Waals surface area (Å²) in [4.78, 5) is 15.3. The summed E-state index contributed by atoms with van der Waals surface area (Å²) in [5.74, 6) is 0.0656. The van der Waals surface area contributed by atoms with Crippen molar-refractivity contribution in [3.05, 3.63) is 12.4 Å². The number of halogens is 3. The van der Waals surface area contributed by atoms with E-state index in [9.17, 15) is 18.0 Å². The van der Waals surface area contributed by atoms with Crippen LogP contribution in [-0.4, -0.2) is 64.5 Å². The lowest BCUT2D eigenvalue weighted by atomic mass is 10.1. The van der Waals surface area contributed by atoms with Gasteiger partial charge in [0, 0.05) is 32.4 Å². The Bertz CT molecular complexity index is 560. The quantitative estimate of drug-likeness (QED) is 0.812. The number of urea groups is 1.